The summed E-state index contributed by atoms with van der Waals surface area (Å²) in [6.45, 7) is 4.95. The van der Waals surface area contributed by atoms with Crippen LogP contribution in [0.15, 0.2) is 41.8 Å². The van der Waals surface area contributed by atoms with Crippen LogP contribution in [0.1, 0.15) is 74.2 Å². The number of Topliss-reactive ketones (excluding diaryl/α,β-unsaturated/α-hetero) is 1. The zero-order chi connectivity index (χ0) is 32.4. The second-order valence-electron chi connectivity index (χ2n) is 13.0. The van der Waals surface area contributed by atoms with Gasteiger partial charge in [-0.1, -0.05) is 36.7 Å². The number of hydrogen-bond acceptors (Lipinski definition) is 7. The predicted molar refractivity (Wildman–Crippen MR) is 178 cm³/mol. The maximum atomic E-state index is 15.8. The smallest absolute Gasteiger partial charge is 0.306 e. The summed E-state index contributed by atoms with van der Waals surface area (Å²) in [5.41, 5.74) is 0.760. The highest BCUT2D eigenvalue weighted by Crippen LogP contribution is 2.38. The molecule has 46 heavy (non-hydrogen) atoms. The molecule has 2 N–H and O–H groups in total. The minimum Gasteiger partial charge on any atom is -0.481 e. The summed E-state index contributed by atoms with van der Waals surface area (Å²) in [6.07, 6.45) is 5.31. The van der Waals surface area contributed by atoms with Crippen molar-refractivity contribution in [3.63, 3.8) is 0 Å². The van der Waals surface area contributed by atoms with Crippen LogP contribution in [-0.2, 0) is 20.7 Å². The lowest BCUT2D eigenvalue weighted by Gasteiger charge is -2.51. The van der Waals surface area contributed by atoms with E-state index in [1.54, 1.807) is 5.38 Å². The lowest BCUT2D eigenvalue weighted by Crippen LogP contribution is -2.69. The molecule has 3 aromatic rings. The maximum Gasteiger partial charge on any atom is 0.306 e. The Morgan fingerprint density at radius 3 is 2.39 bits per heavy atom. The number of ketones is 1. The lowest BCUT2D eigenvalue weighted by molar-refractivity contribution is -0.260. The number of carboxylic acid groups (broad SMARTS) is 1. The quantitative estimate of drug-likeness (QED) is 0.236. The summed E-state index contributed by atoms with van der Waals surface area (Å²) in [7, 11) is 0. The topological polar surface area (TPSA) is 99.2 Å². The van der Waals surface area contributed by atoms with Crippen molar-refractivity contribution in [2.75, 3.05) is 31.5 Å². The number of hydrogen-bond donors (Lipinski definition) is 2. The van der Waals surface area contributed by atoms with E-state index in [0.717, 1.165) is 35.8 Å². The van der Waals surface area contributed by atoms with Gasteiger partial charge in [-0.3, -0.25) is 24.2 Å². The van der Waals surface area contributed by atoms with Gasteiger partial charge in [0.15, 0.2) is 5.78 Å². The van der Waals surface area contributed by atoms with Crippen molar-refractivity contribution >= 4 is 56.4 Å². The summed E-state index contributed by atoms with van der Waals surface area (Å²) < 4.78 is 23.7. The minimum absolute atomic E-state index is 0.137. The number of anilines is 1. The number of aliphatic carboxylic acids is 1. The van der Waals surface area contributed by atoms with E-state index < -0.39 is 23.6 Å². The highest BCUT2D eigenvalue weighted by molar-refractivity contribution is 7.17. The van der Waals surface area contributed by atoms with Crippen LogP contribution in [0.3, 0.4) is 0 Å². The van der Waals surface area contributed by atoms with Gasteiger partial charge in [-0.05, 0) is 81.0 Å². The Morgan fingerprint density at radius 2 is 1.70 bits per heavy atom. The third kappa shape index (κ3) is 6.73. The molecule has 2 aliphatic heterocycles. The number of thiophene rings is 1. The van der Waals surface area contributed by atoms with E-state index >= 15 is 4.39 Å². The number of likely N-dealkylation sites (tertiary alicyclic amines) is 2. The highest BCUT2D eigenvalue weighted by atomic mass is 35.5. The molecule has 3 aliphatic rings. The van der Waals surface area contributed by atoms with Crippen molar-refractivity contribution in [3.8, 4) is 0 Å². The number of nitrogens with zero attached hydrogens (tertiary/aromatic N) is 2. The van der Waals surface area contributed by atoms with Crippen molar-refractivity contribution in [3.05, 3.63) is 63.7 Å². The summed E-state index contributed by atoms with van der Waals surface area (Å²) in [6, 6.07) is 10.2. The molecule has 3 fully saturated rings. The molecule has 2 saturated heterocycles. The molecule has 2 aromatic carbocycles. The Morgan fingerprint density at radius 1 is 1.02 bits per heavy atom. The second-order valence-corrected chi connectivity index (χ2v) is 14.3. The van der Waals surface area contributed by atoms with E-state index in [9.17, 15) is 19.5 Å². The molecule has 11 heteroatoms. The Bertz CT molecular complexity index is 1590. The first-order valence-corrected chi connectivity index (χ1v) is 17.6. The van der Waals surface area contributed by atoms with Gasteiger partial charge in [0, 0.05) is 48.1 Å². The van der Waals surface area contributed by atoms with Gasteiger partial charge in [-0.2, -0.15) is 0 Å². The fourth-order valence-electron chi connectivity index (χ4n) is 7.21. The number of amides is 1. The standard InChI is InChI=1S/C35H41ClFN3O5S/c1-22-12-16-40(17-13-22)35(39-14-4-5-15-39,45-25-10-8-23(9-11-25)34(43)44)32(41)19-24-18-28(36)30(20-29(24)37)38-33(42)27-21-46-31-7-3-2-6-26(27)31/h2-3,6-7,18,20-23,25H,4-5,8-17,19H2,1H3,(H,38,42)(H,43,44)/t23-,25-,35?. The molecule has 1 aliphatic carbocycles. The van der Waals surface area contributed by atoms with Gasteiger partial charge in [0.2, 0.25) is 5.85 Å². The minimum atomic E-state index is -1.37. The molecule has 1 unspecified atom stereocenters. The number of rotatable bonds is 10. The van der Waals surface area contributed by atoms with Crippen LogP contribution in [-0.4, -0.2) is 70.7 Å². The largest absolute Gasteiger partial charge is 0.481 e. The normalized spacial score (nSPS) is 22.9. The molecule has 0 bridgehead atoms. The Labute approximate surface area is 277 Å². The van der Waals surface area contributed by atoms with Crippen LogP contribution in [0, 0.1) is 17.7 Å². The number of halogens is 2. The first-order valence-electron chi connectivity index (χ1n) is 16.3. The van der Waals surface area contributed by atoms with Gasteiger partial charge in [0.05, 0.1) is 28.3 Å². The lowest BCUT2D eigenvalue weighted by atomic mass is 9.87. The molecule has 6 rings (SSSR count). The van der Waals surface area contributed by atoms with Gasteiger partial charge < -0.3 is 15.2 Å². The molecular formula is C35H41ClFN3O5S. The number of carbonyl (C=O) groups excluding carboxylic acids is 2. The van der Waals surface area contributed by atoms with Crippen LogP contribution in [0.4, 0.5) is 10.1 Å². The Hall–Kier alpha value is -2.89. The van der Waals surface area contributed by atoms with Crippen molar-refractivity contribution in [1.82, 2.24) is 9.80 Å². The van der Waals surface area contributed by atoms with Gasteiger partial charge in [0.1, 0.15) is 5.82 Å². The molecular weight excluding hydrogens is 629 g/mol. The Kier molecular flexibility index (Phi) is 10.1. The summed E-state index contributed by atoms with van der Waals surface area (Å²) in [5.74, 6) is -3.31. The molecule has 0 radical (unpaired) electrons. The molecule has 8 nitrogen and oxygen atoms in total. The van der Waals surface area contributed by atoms with Crippen LogP contribution < -0.4 is 5.32 Å². The van der Waals surface area contributed by atoms with E-state index in [1.807, 2.05) is 24.3 Å². The van der Waals surface area contributed by atoms with Crippen molar-refractivity contribution < 1.29 is 28.6 Å². The first kappa shape index (κ1) is 33.0. The average Bonchev–Trinajstić information content (AvgIpc) is 3.74. The predicted octanol–water partition coefficient (Wildman–Crippen LogP) is 7.20. The fourth-order valence-corrected chi connectivity index (χ4v) is 8.38. The first-order chi connectivity index (χ1) is 22.2. The van der Waals surface area contributed by atoms with E-state index in [1.165, 1.54) is 23.5 Å². The summed E-state index contributed by atoms with van der Waals surface area (Å²) in [5, 5.41) is 15.0. The van der Waals surface area contributed by atoms with Crippen molar-refractivity contribution in [2.24, 2.45) is 11.8 Å². The molecule has 0 spiro atoms. The van der Waals surface area contributed by atoms with E-state index in [0.29, 0.717) is 63.3 Å². The average molecular weight is 670 g/mol. The summed E-state index contributed by atoms with van der Waals surface area (Å²) >= 11 is 8.08. The monoisotopic (exact) mass is 669 g/mol. The molecule has 1 aromatic heterocycles. The fraction of sp³-hybridized carbons (Fsp3) is 0.514. The van der Waals surface area contributed by atoms with Crippen LogP contribution >= 0.6 is 22.9 Å². The third-order valence-electron chi connectivity index (χ3n) is 9.93. The van der Waals surface area contributed by atoms with Gasteiger partial charge in [-0.25, -0.2) is 4.39 Å². The van der Waals surface area contributed by atoms with Gasteiger partial charge in [0.25, 0.3) is 5.91 Å². The van der Waals surface area contributed by atoms with Crippen LogP contribution in [0.2, 0.25) is 5.02 Å². The third-order valence-corrected chi connectivity index (χ3v) is 11.2. The van der Waals surface area contributed by atoms with Crippen molar-refractivity contribution in [2.45, 2.75) is 76.7 Å². The number of nitrogens with one attached hydrogen (secondary N) is 1. The zero-order valence-electron chi connectivity index (χ0n) is 26.1. The summed E-state index contributed by atoms with van der Waals surface area (Å²) in [4.78, 5) is 43.7. The number of ether oxygens (including phenoxy) is 1. The molecule has 1 amide bonds. The van der Waals surface area contributed by atoms with E-state index in [-0.39, 0.29) is 40.5 Å². The SMILES string of the molecule is CC1CCN(C(O[C@H]2CC[C@H](C(=O)O)CC2)(C(=O)Cc2cc(Cl)c(NC(=O)c3csc4ccccc34)cc2F)N2CCCC2)CC1. The molecule has 1 saturated carbocycles. The van der Waals surface area contributed by atoms with Crippen molar-refractivity contribution in [1.29, 1.82) is 0 Å². The van der Waals surface area contributed by atoms with Crippen LogP contribution in [0.5, 0.6) is 0 Å². The van der Waals surface area contributed by atoms with Gasteiger partial charge in [-0.15, -0.1) is 11.3 Å². The van der Waals surface area contributed by atoms with Gasteiger partial charge >= 0.3 is 5.97 Å². The molecule has 3 heterocycles. The zero-order valence-corrected chi connectivity index (χ0v) is 27.7. The number of benzene rings is 2. The van der Waals surface area contributed by atoms with Crippen LogP contribution in [0.25, 0.3) is 10.1 Å². The number of piperidine rings is 1. The Balaban J connectivity index is 1.27. The van der Waals surface area contributed by atoms with E-state index in [2.05, 4.69) is 22.0 Å². The second kappa shape index (κ2) is 14.1. The maximum absolute atomic E-state index is 15.8. The number of carbonyl (C=O) groups is 3. The van der Waals surface area contributed by atoms with E-state index in [4.69, 9.17) is 16.3 Å². The molecule has 1 atom stereocenters. The highest BCUT2D eigenvalue weighted by Gasteiger charge is 2.53. The number of carboxylic acids is 1. The molecule has 246 valence electrons. The number of fused-ring (bicyclic) bond motifs is 1.